The van der Waals surface area contributed by atoms with E-state index in [0.29, 0.717) is 24.6 Å². The maximum absolute atomic E-state index is 13.9. The van der Waals surface area contributed by atoms with Crippen LogP contribution in [0.25, 0.3) is 0 Å². The topological polar surface area (TPSA) is 59.2 Å². The Kier molecular flexibility index (Phi) is 4.11. The molecule has 0 radical (unpaired) electrons. The number of rotatable bonds is 3. The second kappa shape index (κ2) is 5.96. The van der Waals surface area contributed by atoms with E-state index >= 15 is 0 Å². The van der Waals surface area contributed by atoms with Gasteiger partial charge in [-0.1, -0.05) is 25.9 Å². The van der Waals surface area contributed by atoms with Gasteiger partial charge < -0.3 is 9.42 Å². The number of hydrogen-bond acceptors (Lipinski definition) is 4. The molecule has 1 aromatic heterocycles. The molecule has 1 unspecified atom stereocenters. The molecule has 7 heteroatoms. The Hall–Kier alpha value is -2.31. The summed E-state index contributed by atoms with van der Waals surface area (Å²) < 4.78 is 32.6. The second-order valence-corrected chi connectivity index (χ2v) is 7.02. The normalized spacial score (nSPS) is 18.5. The minimum absolute atomic E-state index is 0.0275. The summed E-state index contributed by atoms with van der Waals surface area (Å²) in [6, 6.07) is 2.80. The van der Waals surface area contributed by atoms with E-state index in [-0.39, 0.29) is 23.4 Å². The van der Waals surface area contributed by atoms with Gasteiger partial charge in [-0.3, -0.25) is 4.79 Å². The largest absolute Gasteiger partial charge is 0.337 e. The molecule has 1 aliphatic rings. The molecule has 24 heavy (non-hydrogen) atoms. The van der Waals surface area contributed by atoms with Gasteiger partial charge >= 0.3 is 0 Å². The number of likely N-dealkylation sites (tertiary alicyclic amines) is 1. The van der Waals surface area contributed by atoms with E-state index in [9.17, 15) is 13.6 Å². The first-order valence-electron chi connectivity index (χ1n) is 7.83. The van der Waals surface area contributed by atoms with Crippen molar-refractivity contribution < 1.29 is 18.1 Å². The summed E-state index contributed by atoms with van der Waals surface area (Å²) in [5.41, 5.74) is -0.144. The molecule has 1 fully saturated rings. The third-order valence-electron chi connectivity index (χ3n) is 4.07. The van der Waals surface area contributed by atoms with Crippen molar-refractivity contribution in [3.8, 4) is 0 Å². The number of amides is 1. The SMILES string of the molecule is CC(C)(C)c1noc(C2CCC(=O)N2Cc2cc(F)ccc2F)n1. The lowest BCUT2D eigenvalue weighted by molar-refractivity contribution is -0.130. The Bertz CT molecular complexity index is 767. The maximum Gasteiger partial charge on any atom is 0.249 e. The number of nitrogens with zero attached hydrogens (tertiary/aromatic N) is 3. The van der Waals surface area contributed by atoms with E-state index in [1.807, 2.05) is 20.8 Å². The fourth-order valence-corrected chi connectivity index (χ4v) is 2.71. The number of hydrogen-bond donors (Lipinski definition) is 0. The average Bonchev–Trinajstić information content (AvgIpc) is 3.10. The van der Waals surface area contributed by atoms with Gasteiger partial charge in [0.15, 0.2) is 5.82 Å². The Labute approximate surface area is 138 Å². The summed E-state index contributed by atoms with van der Waals surface area (Å²) in [4.78, 5) is 18.0. The van der Waals surface area contributed by atoms with Crippen LogP contribution in [0, 0.1) is 11.6 Å². The van der Waals surface area contributed by atoms with Crippen LogP contribution in [0.15, 0.2) is 22.7 Å². The third kappa shape index (κ3) is 3.16. The Morgan fingerprint density at radius 1 is 1.33 bits per heavy atom. The van der Waals surface area contributed by atoms with E-state index in [1.54, 1.807) is 0 Å². The number of carbonyl (C=O) groups is 1. The van der Waals surface area contributed by atoms with E-state index in [2.05, 4.69) is 10.1 Å². The number of halogens is 2. The van der Waals surface area contributed by atoms with Gasteiger partial charge in [-0.2, -0.15) is 4.98 Å². The molecule has 0 spiro atoms. The predicted molar refractivity (Wildman–Crippen MR) is 81.9 cm³/mol. The van der Waals surface area contributed by atoms with Crippen molar-refractivity contribution in [2.75, 3.05) is 0 Å². The van der Waals surface area contributed by atoms with Crippen LogP contribution in [-0.2, 0) is 16.8 Å². The van der Waals surface area contributed by atoms with E-state index in [1.165, 1.54) is 4.90 Å². The molecule has 0 bridgehead atoms. The van der Waals surface area contributed by atoms with E-state index in [0.717, 1.165) is 18.2 Å². The number of aromatic nitrogens is 2. The van der Waals surface area contributed by atoms with Crippen LogP contribution >= 0.6 is 0 Å². The summed E-state index contributed by atoms with van der Waals surface area (Å²) >= 11 is 0. The Morgan fingerprint density at radius 3 is 2.75 bits per heavy atom. The van der Waals surface area contributed by atoms with Crippen molar-refractivity contribution in [1.82, 2.24) is 15.0 Å². The highest BCUT2D eigenvalue weighted by Crippen LogP contribution is 2.34. The summed E-state index contributed by atoms with van der Waals surface area (Å²) in [6.07, 6.45) is 0.830. The van der Waals surface area contributed by atoms with Crippen LogP contribution in [0.2, 0.25) is 0 Å². The molecule has 2 heterocycles. The average molecular weight is 335 g/mol. The molecule has 1 saturated heterocycles. The molecular formula is C17H19F2N3O2. The molecular weight excluding hydrogens is 316 g/mol. The molecule has 2 aromatic rings. The van der Waals surface area contributed by atoms with E-state index < -0.39 is 17.7 Å². The van der Waals surface area contributed by atoms with Crippen LogP contribution in [0.3, 0.4) is 0 Å². The number of carbonyl (C=O) groups excluding carboxylic acids is 1. The van der Waals surface area contributed by atoms with Crippen LogP contribution in [-0.4, -0.2) is 20.9 Å². The molecule has 5 nitrogen and oxygen atoms in total. The van der Waals surface area contributed by atoms with Crippen molar-refractivity contribution in [3.05, 3.63) is 47.1 Å². The molecule has 1 aromatic carbocycles. The van der Waals surface area contributed by atoms with Crippen molar-refractivity contribution in [3.63, 3.8) is 0 Å². The molecule has 1 amide bonds. The zero-order valence-electron chi connectivity index (χ0n) is 13.8. The molecule has 0 aliphatic carbocycles. The molecule has 0 saturated carbocycles. The van der Waals surface area contributed by atoms with Crippen LogP contribution in [0.5, 0.6) is 0 Å². The summed E-state index contributed by atoms with van der Waals surface area (Å²) in [6.45, 7) is 5.85. The van der Waals surface area contributed by atoms with Crippen molar-refractivity contribution in [1.29, 1.82) is 0 Å². The Morgan fingerprint density at radius 2 is 2.08 bits per heavy atom. The lowest BCUT2D eigenvalue weighted by Crippen LogP contribution is -2.28. The fourth-order valence-electron chi connectivity index (χ4n) is 2.71. The Balaban J connectivity index is 1.87. The van der Waals surface area contributed by atoms with Gasteiger partial charge in [0.05, 0.1) is 0 Å². The monoisotopic (exact) mass is 335 g/mol. The lowest BCUT2D eigenvalue weighted by atomic mass is 9.96. The zero-order chi connectivity index (χ0) is 17.5. The van der Waals surface area contributed by atoms with Crippen LogP contribution < -0.4 is 0 Å². The van der Waals surface area contributed by atoms with Gasteiger partial charge in [-0.05, 0) is 24.6 Å². The highest BCUT2D eigenvalue weighted by molar-refractivity contribution is 5.78. The second-order valence-electron chi connectivity index (χ2n) is 7.02. The smallest absolute Gasteiger partial charge is 0.249 e. The van der Waals surface area contributed by atoms with Gasteiger partial charge in [-0.15, -0.1) is 0 Å². The molecule has 0 N–H and O–H groups in total. The van der Waals surface area contributed by atoms with E-state index in [4.69, 9.17) is 4.52 Å². The van der Waals surface area contributed by atoms with Gasteiger partial charge in [0.2, 0.25) is 11.8 Å². The molecule has 3 rings (SSSR count). The maximum atomic E-state index is 13.9. The highest BCUT2D eigenvalue weighted by Gasteiger charge is 2.37. The standard InChI is InChI=1S/C17H19F2N3O2/c1-17(2,3)16-20-15(24-21-16)13-6-7-14(23)22(13)9-10-8-11(18)4-5-12(10)19/h4-5,8,13H,6-7,9H2,1-3H3. The minimum atomic E-state index is -0.546. The molecule has 1 atom stereocenters. The van der Waals surface area contributed by atoms with Crippen molar-refractivity contribution in [2.45, 2.75) is 51.6 Å². The molecule has 1 aliphatic heterocycles. The minimum Gasteiger partial charge on any atom is -0.337 e. The summed E-state index contributed by atoms with van der Waals surface area (Å²) in [7, 11) is 0. The summed E-state index contributed by atoms with van der Waals surface area (Å²) in [5, 5.41) is 3.97. The first-order valence-corrected chi connectivity index (χ1v) is 7.83. The van der Waals surface area contributed by atoms with Crippen molar-refractivity contribution >= 4 is 5.91 Å². The first-order chi connectivity index (χ1) is 11.3. The quantitative estimate of drug-likeness (QED) is 0.861. The highest BCUT2D eigenvalue weighted by atomic mass is 19.1. The zero-order valence-corrected chi connectivity index (χ0v) is 13.8. The lowest BCUT2D eigenvalue weighted by Gasteiger charge is -2.22. The third-order valence-corrected chi connectivity index (χ3v) is 4.07. The predicted octanol–water partition coefficient (Wildman–Crippen LogP) is 3.51. The van der Waals surface area contributed by atoms with Crippen LogP contribution in [0.1, 0.15) is 56.9 Å². The van der Waals surface area contributed by atoms with Gasteiger partial charge in [-0.25, -0.2) is 8.78 Å². The van der Waals surface area contributed by atoms with Crippen molar-refractivity contribution in [2.24, 2.45) is 0 Å². The fraction of sp³-hybridized carbons (Fsp3) is 0.471. The molecule has 128 valence electrons. The van der Waals surface area contributed by atoms with Gasteiger partial charge in [0.1, 0.15) is 17.7 Å². The van der Waals surface area contributed by atoms with Crippen LogP contribution in [0.4, 0.5) is 8.78 Å². The first kappa shape index (κ1) is 16.5. The summed E-state index contributed by atoms with van der Waals surface area (Å²) in [5.74, 6) is -0.339. The van der Waals surface area contributed by atoms with Gasteiger partial charge in [0.25, 0.3) is 0 Å². The van der Waals surface area contributed by atoms with Gasteiger partial charge in [0, 0.05) is 23.9 Å². The number of benzene rings is 1.